The van der Waals surface area contributed by atoms with Gasteiger partial charge in [0.2, 0.25) is 5.95 Å². The van der Waals surface area contributed by atoms with E-state index in [1.807, 2.05) is 68.6 Å². The molecule has 6 nitrogen and oxygen atoms in total. The molecule has 0 amide bonds. The van der Waals surface area contributed by atoms with Crippen LogP contribution < -0.4 is 16.6 Å². The van der Waals surface area contributed by atoms with Gasteiger partial charge in [0.05, 0.1) is 16.3 Å². The van der Waals surface area contributed by atoms with Crippen molar-refractivity contribution in [1.29, 1.82) is 0 Å². The number of nitrogens with one attached hydrogen (secondary N) is 1. The van der Waals surface area contributed by atoms with Crippen molar-refractivity contribution in [1.82, 2.24) is 14.5 Å². The molecule has 0 fully saturated rings. The molecule has 2 aromatic carbocycles. The van der Waals surface area contributed by atoms with Crippen molar-refractivity contribution < 1.29 is 0 Å². The van der Waals surface area contributed by atoms with Gasteiger partial charge in [-0.3, -0.25) is 9.36 Å². The molecule has 4 rings (SSSR count). The summed E-state index contributed by atoms with van der Waals surface area (Å²) in [7, 11) is 0. The number of hydrogen-bond acceptors (Lipinski definition) is 6. The van der Waals surface area contributed by atoms with Gasteiger partial charge in [0, 0.05) is 17.6 Å². The Morgan fingerprint density at radius 3 is 2.63 bits per heavy atom. The van der Waals surface area contributed by atoms with Gasteiger partial charge < -0.3 is 11.1 Å². The fraction of sp³-hybridized carbons (Fsp3) is 0.174. The number of nitrogens with two attached hydrogens (primary N) is 1. The number of anilines is 2. The van der Waals surface area contributed by atoms with Gasteiger partial charge in [-0.15, -0.1) is 11.8 Å². The Balaban J connectivity index is 1.92. The topological polar surface area (TPSA) is 85.8 Å². The normalized spacial score (nSPS) is 12.1. The van der Waals surface area contributed by atoms with Crippen molar-refractivity contribution in [3.63, 3.8) is 0 Å². The number of rotatable bonds is 5. The van der Waals surface area contributed by atoms with Gasteiger partial charge in [-0.1, -0.05) is 36.4 Å². The van der Waals surface area contributed by atoms with Crippen LogP contribution >= 0.6 is 11.8 Å². The molecule has 0 saturated carbocycles. The van der Waals surface area contributed by atoms with Crippen LogP contribution in [0.2, 0.25) is 0 Å². The van der Waals surface area contributed by atoms with Crippen LogP contribution in [0.4, 0.5) is 11.8 Å². The summed E-state index contributed by atoms with van der Waals surface area (Å²) < 4.78 is 1.77. The Labute approximate surface area is 179 Å². The molecular formula is C23H23N5OS. The van der Waals surface area contributed by atoms with Crippen molar-refractivity contribution in [3.8, 4) is 5.69 Å². The fourth-order valence-corrected chi connectivity index (χ4v) is 4.09. The second-order valence-electron chi connectivity index (χ2n) is 7.10. The van der Waals surface area contributed by atoms with E-state index in [9.17, 15) is 4.79 Å². The van der Waals surface area contributed by atoms with Crippen molar-refractivity contribution in [3.05, 3.63) is 82.4 Å². The Morgan fingerprint density at radius 2 is 1.90 bits per heavy atom. The first-order valence-corrected chi connectivity index (χ1v) is 10.9. The van der Waals surface area contributed by atoms with Crippen LogP contribution in [0.25, 0.3) is 16.5 Å². The van der Waals surface area contributed by atoms with Gasteiger partial charge in [-0.25, -0.2) is 4.98 Å². The van der Waals surface area contributed by atoms with Gasteiger partial charge >= 0.3 is 0 Å². The molecule has 0 unspecified atom stereocenters. The predicted molar refractivity (Wildman–Crippen MR) is 125 cm³/mol. The zero-order chi connectivity index (χ0) is 21.3. The number of hydrogen-bond donors (Lipinski definition) is 2. The van der Waals surface area contributed by atoms with Gasteiger partial charge in [0.15, 0.2) is 0 Å². The minimum Gasteiger partial charge on any atom is -0.368 e. The van der Waals surface area contributed by atoms with Crippen LogP contribution in [-0.2, 0) is 0 Å². The molecule has 30 heavy (non-hydrogen) atoms. The number of para-hydroxylation sites is 1. The highest BCUT2D eigenvalue weighted by molar-refractivity contribution is 7.98. The maximum atomic E-state index is 13.6. The maximum absolute atomic E-state index is 13.6. The lowest BCUT2D eigenvalue weighted by Crippen LogP contribution is -2.26. The van der Waals surface area contributed by atoms with Crippen molar-refractivity contribution in [2.75, 3.05) is 17.3 Å². The maximum Gasteiger partial charge on any atom is 0.263 e. The highest BCUT2D eigenvalue weighted by Gasteiger charge is 2.18. The van der Waals surface area contributed by atoms with Crippen LogP contribution in [0.3, 0.4) is 0 Å². The van der Waals surface area contributed by atoms with E-state index in [1.54, 1.807) is 10.8 Å². The number of nitrogen functional groups attached to an aromatic ring is 1. The van der Waals surface area contributed by atoms with E-state index in [2.05, 4.69) is 21.4 Å². The van der Waals surface area contributed by atoms with Crippen LogP contribution in [0.5, 0.6) is 0 Å². The molecule has 0 bridgehead atoms. The monoisotopic (exact) mass is 417 g/mol. The van der Waals surface area contributed by atoms with Crippen molar-refractivity contribution >= 4 is 34.3 Å². The van der Waals surface area contributed by atoms with Crippen LogP contribution in [0, 0.1) is 6.92 Å². The summed E-state index contributed by atoms with van der Waals surface area (Å²) in [6.07, 6.45) is 3.67. The van der Waals surface area contributed by atoms with Crippen LogP contribution in [-0.4, -0.2) is 20.8 Å². The molecule has 0 spiro atoms. The van der Waals surface area contributed by atoms with Crippen LogP contribution in [0.1, 0.15) is 24.2 Å². The van der Waals surface area contributed by atoms with Crippen LogP contribution in [0.15, 0.2) is 70.5 Å². The Kier molecular flexibility index (Phi) is 5.46. The highest BCUT2D eigenvalue weighted by Crippen LogP contribution is 2.29. The molecular weight excluding hydrogens is 394 g/mol. The Hall–Kier alpha value is -3.32. The molecule has 152 valence electrons. The summed E-state index contributed by atoms with van der Waals surface area (Å²) in [5.41, 5.74) is 8.40. The SMILES string of the molecule is CSc1cnc(N)nc1N[C@@H](C)c1cc2cccc(C)c2c(=O)n1-c1ccccc1. The zero-order valence-corrected chi connectivity index (χ0v) is 17.9. The molecule has 7 heteroatoms. The average molecular weight is 418 g/mol. The van der Waals surface area contributed by atoms with E-state index in [1.165, 1.54) is 11.8 Å². The van der Waals surface area contributed by atoms with E-state index in [-0.39, 0.29) is 17.5 Å². The summed E-state index contributed by atoms with van der Waals surface area (Å²) in [4.78, 5) is 22.9. The predicted octanol–water partition coefficient (Wildman–Crippen LogP) is 4.57. The van der Waals surface area contributed by atoms with Gasteiger partial charge in [-0.2, -0.15) is 4.98 Å². The van der Waals surface area contributed by atoms with Crippen molar-refractivity contribution in [2.24, 2.45) is 0 Å². The lowest BCUT2D eigenvalue weighted by molar-refractivity contribution is 0.769. The van der Waals surface area contributed by atoms with Gasteiger partial charge in [-0.05, 0) is 49.3 Å². The smallest absolute Gasteiger partial charge is 0.263 e. The van der Waals surface area contributed by atoms with E-state index < -0.39 is 0 Å². The largest absolute Gasteiger partial charge is 0.368 e. The number of aromatic nitrogens is 3. The van der Waals surface area contributed by atoms with E-state index in [4.69, 9.17) is 5.73 Å². The number of fused-ring (bicyclic) bond motifs is 1. The van der Waals surface area contributed by atoms with E-state index >= 15 is 0 Å². The van der Waals surface area contributed by atoms with E-state index in [0.717, 1.165) is 32.6 Å². The fourth-order valence-electron chi connectivity index (χ4n) is 3.63. The number of pyridine rings is 1. The minimum atomic E-state index is -0.206. The number of aryl methyl sites for hydroxylation is 1. The number of benzene rings is 2. The van der Waals surface area contributed by atoms with Crippen molar-refractivity contribution in [2.45, 2.75) is 24.8 Å². The molecule has 0 aliphatic carbocycles. The molecule has 0 radical (unpaired) electrons. The molecule has 3 N–H and O–H groups in total. The van der Waals surface area contributed by atoms with E-state index in [0.29, 0.717) is 5.82 Å². The standard InChI is InChI=1S/C23H23N5OS/c1-14-8-7-9-16-12-18(15(2)26-21-19(30-3)13-25-23(24)27-21)28(22(29)20(14)16)17-10-5-4-6-11-17/h4-13,15H,1-3H3,(H3,24,25,26,27)/t15-/m0/s1. The zero-order valence-electron chi connectivity index (χ0n) is 17.1. The summed E-state index contributed by atoms with van der Waals surface area (Å²) in [6, 6.07) is 17.5. The molecule has 1 atom stereocenters. The summed E-state index contributed by atoms with van der Waals surface area (Å²) >= 11 is 1.54. The first-order valence-electron chi connectivity index (χ1n) is 9.63. The lowest BCUT2D eigenvalue weighted by atomic mass is 10.0. The average Bonchev–Trinajstić information content (AvgIpc) is 2.74. The third-order valence-corrected chi connectivity index (χ3v) is 5.83. The molecule has 0 aliphatic heterocycles. The molecule has 0 aliphatic rings. The quantitative estimate of drug-likeness (QED) is 0.463. The molecule has 0 saturated heterocycles. The third kappa shape index (κ3) is 3.64. The lowest BCUT2D eigenvalue weighted by Gasteiger charge is -2.22. The summed E-state index contributed by atoms with van der Waals surface area (Å²) in [6.45, 7) is 3.98. The first-order chi connectivity index (χ1) is 14.5. The minimum absolute atomic E-state index is 0.0345. The summed E-state index contributed by atoms with van der Waals surface area (Å²) in [5.74, 6) is 0.857. The second kappa shape index (κ2) is 8.20. The first kappa shape index (κ1) is 20.0. The molecule has 2 aromatic heterocycles. The Bertz CT molecular complexity index is 1270. The molecule has 4 aromatic rings. The highest BCUT2D eigenvalue weighted by atomic mass is 32.2. The Morgan fingerprint density at radius 1 is 1.13 bits per heavy atom. The van der Waals surface area contributed by atoms with Gasteiger partial charge in [0.1, 0.15) is 5.82 Å². The number of nitrogens with zero attached hydrogens (tertiary/aromatic N) is 3. The third-order valence-electron chi connectivity index (χ3n) is 5.09. The molecule has 2 heterocycles. The summed E-state index contributed by atoms with van der Waals surface area (Å²) in [5, 5.41) is 5.07. The van der Waals surface area contributed by atoms with Gasteiger partial charge in [0.25, 0.3) is 5.56 Å². The number of thioether (sulfide) groups is 1. The second-order valence-corrected chi connectivity index (χ2v) is 7.94.